The molecular weight excluding hydrogens is 527 g/mol. The van der Waals surface area contributed by atoms with Gasteiger partial charge in [0.05, 0.1) is 11.3 Å². The SMILES string of the molecule is CNCCCc1ccc2c(c1)CC(C)CN(Cc1cc(C(CC(=O)O)c3ccc(F)cc3C)ccc1C)S2(=O)=O. The largest absolute Gasteiger partial charge is 0.481 e. The smallest absolute Gasteiger partial charge is 0.304 e. The van der Waals surface area contributed by atoms with Crippen LogP contribution in [0, 0.1) is 25.6 Å². The van der Waals surface area contributed by atoms with Crippen molar-refractivity contribution in [2.45, 2.75) is 63.8 Å². The summed E-state index contributed by atoms with van der Waals surface area (Å²) in [6.07, 6.45) is 2.41. The van der Waals surface area contributed by atoms with Crippen LogP contribution in [0.15, 0.2) is 59.5 Å². The first-order valence-electron chi connectivity index (χ1n) is 13.8. The summed E-state index contributed by atoms with van der Waals surface area (Å²) in [5, 5.41) is 12.8. The van der Waals surface area contributed by atoms with Gasteiger partial charge in [-0.3, -0.25) is 4.79 Å². The summed E-state index contributed by atoms with van der Waals surface area (Å²) in [5.74, 6) is -1.68. The Labute approximate surface area is 237 Å². The van der Waals surface area contributed by atoms with Crippen LogP contribution in [0.2, 0.25) is 0 Å². The fourth-order valence-electron chi connectivity index (χ4n) is 5.72. The number of nitrogens with one attached hydrogen (secondary N) is 1. The zero-order valence-corrected chi connectivity index (χ0v) is 24.5. The number of fused-ring (bicyclic) bond motifs is 1. The Morgan fingerprint density at radius 1 is 1.10 bits per heavy atom. The summed E-state index contributed by atoms with van der Waals surface area (Å²) in [7, 11) is -1.82. The van der Waals surface area contributed by atoms with Crippen molar-refractivity contribution < 1.29 is 22.7 Å². The van der Waals surface area contributed by atoms with E-state index in [4.69, 9.17) is 0 Å². The number of benzene rings is 3. The lowest BCUT2D eigenvalue weighted by atomic mass is 9.84. The van der Waals surface area contributed by atoms with Gasteiger partial charge in [0.2, 0.25) is 10.0 Å². The number of aliphatic carboxylic acids is 1. The monoisotopic (exact) mass is 566 g/mol. The van der Waals surface area contributed by atoms with Crippen molar-refractivity contribution in [1.82, 2.24) is 9.62 Å². The number of halogens is 1. The highest BCUT2D eigenvalue weighted by molar-refractivity contribution is 7.89. The highest BCUT2D eigenvalue weighted by Gasteiger charge is 2.33. The van der Waals surface area contributed by atoms with Crippen LogP contribution < -0.4 is 5.32 Å². The average Bonchev–Trinajstić information content (AvgIpc) is 2.97. The van der Waals surface area contributed by atoms with E-state index in [1.807, 2.05) is 38.2 Å². The molecule has 0 fully saturated rings. The third-order valence-electron chi connectivity index (χ3n) is 7.83. The minimum atomic E-state index is -3.74. The van der Waals surface area contributed by atoms with Crippen molar-refractivity contribution >= 4 is 16.0 Å². The summed E-state index contributed by atoms with van der Waals surface area (Å²) in [5.41, 5.74) is 5.97. The van der Waals surface area contributed by atoms with Gasteiger partial charge in [-0.1, -0.05) is 43.3 Å². The minimum absolute atomic E-state index is 0.133. The number of rotatable bonds is 10. The van der Waals surface area contributed by atoms with Crippen LogP contribution in [0.3, 0.4) is 0 Å². The molecule has 0 aromatic heterocycles. The molecule has 8 heteroatoms. The van der Waals surface area contributed by atoms with Crippen LogP contribution in [0.25, 0.3) is 0 Å². The highest BCUT2D eigenvalue weighted by atomic mass is 32.2. The Kier molecular flexibility index (Phi) is 9.44. The zero-order valence-electron chi connectivity index (χ0n) is 23.7. The number of carboxylic acids is 1. The topological polar surface area (TPSA) is 86.7 Å². The third kappa shape index (κ3) is 6.79. The second kappa shape index (κ2) is 12.6. The van der Waals surface area contributed by atoms with E-state index >= 15 is 0 Å². The third-order valence-corrected chi connectivity index (χ3v) is 9.74. The number of carboxylic acid groups (broad SMARTS) is 1. The van der Waals surface area contributed by atoms with Crippen molar-refractivity contribution in [3.63, 3.8) is 0 Å². The average molecular weight is 567 g/mol. The molecule has 2 unspecified atom stereocenters. The molecule has 40 heavy (non-hydrogen) atoms. The van der Waals surface area contributed by atoms with Crippen molar-refractivity contribution in [2.75, 3.05) is 20.1 Å². The van der Waals surface area contributed by atoms with Crippen molar-refractivity contribution in [3.8, 4) is 0 Å². The van der Waals surface area contributed by atoms with Gasteiger partial charge in [0, 0.05) is 19.0 Å². The summed E-state index contributed by atoms with van der Waals surface area (Å²) >= 11 is 0. The van der Waals surface area contributed by atoms with E-state index in [9.17, 15) is 22.7 Å². The molecule has 0 amide bonds. The molecule has 1 aliphatic rings. The first kappa shape index (κ1) is 29.9. The Morgan fingerprint density at radius 2 is 1.88 bits per heavy atom. The molecule has 2 atom stereocenters. The predicted molar refractivity (Wildman–Crippen MR) is 156 cm³/mol. The Balaban J connectivity index is 1.68. The molecule has 2 N–H and O–H groups in total. The normalized spacial score (nSPS) is 17.7. The second-order valence-corrected chi connectivity index (χ2v) is 13.0. The molecule has 0 saturated heterocycles. The molecule has 6 nitrogen and oxygen atoms in total. The summed E-state index contributed by atoms with van der Waals surface area (Å²) in [4.78, 5) is 12.2. The quantitative estimate of drug-likeness (QED) is 0.313. The number of carbonyl (C=O) groups is 1. The van der Waals surface area contributed by atoms with Gasteiger partial charge in [-0.2, -0.15) is 4.31 Å². The molecule has 1 heterocycles. The first-order valence-corrected chi connectivity index (χ1v) is 15.3. The van der Waals surface area contributed by atoms with Crippen LogP contribution in [0.5, 0.6) is 0 Å². The minimum Gasteiger partial charge on any atom is -0.481 e. The number of hydrogen-bond acceptors (Lipinski definition) is 4. The van der Waals surface area contributed by atoms with Crippen LogP contribution in [-0.2, 0) is 34.2 Å². The Morgan fingerprint density at radius 3 is 2.58 bits per heavy atom. The second-order valence-electron chi connectivity index (χ2n) is 11.1. The van der Waals surface area contributed by atoms with Gasteiger partial charge in [0.15, 0.2) is 0 Å². The maximum Gasteiger partial charge on any atom is 0.304 e. The van der Waals surface area contributed by atoms with Crippen LogP contribution in [0.4, 0.5) is 4.39 Å². The summed E-state index contributed by atoms with van der Waals surface area (Å²) in [6, 6.07) is 15.9. The van der Waals surface area contributed by atoms with Gasteiger partial charge in [-0.05, 0) is 110 Å². The van der Waals surface area contributed by atoms with Gasteiger partial charge >= 0.3 is 5.97 Å². The molecule has 1 aliphatic heterocycles. The Bertz CT molecular complexity index is 1490. The van der Waals surface area contributed by atoms with Gasteiger partial charge < -0.3 is 10.4 Å². The van der Waals surface area contributed by atoms with E-state index in [1.165, 1.54) is 12.1 Å². The molecule has 4 rings (SSSR count). The van der Waals surface area contributed by atoms with Gasteiger partial charge in [-0.25, -0.2) is 12.8 Å². The fourth-order valence-corrected chi connectivity index (χ4v) is 7.48. The van der Waals surface area contributed by atoms with Crippen molar-refractivity contribution in [3.05, 3.63) is 99.4 Å². The van der Waals surface area contributed by atoms with E-state index in [2.05, 4.69) is 18.3 Å². The first-order chi connectivity index (χ1) is 19.0. The van der Waals surface area contributed by atoms with Crippen molar-refractivity contribution in [1.29, 1.82) is 0 Å². The van der Waals surface area contributed by atoms with E-state index in [-0.39, 0.29) is 24.7 Å². The van der Waals surface area contributed by atoms with E-state index < -0.39 is 21.9 Å². The lowest BCUT2D eigenvalue weighted by molar-refractivity contribution is -0.137. The fraction of sp³-hybridized carbons (Fsp3) is 0.406. The van der Waals surface area contributed by atoms with E-state index in [1.54, 1.807) is 23.4 Å². The van der Waals surface area contributed by atoms with E-state index in [0.29, 0.717) is 23.4 Å². The summed E-state index contributed by atoms with van der Waals surface area (Å²) in [6.45, 7) is 7.29. The van der Waals surface area contributed by atoms with Gasteiger partial charge in [0.25, 0.3) is 0 Å². The van der Waals surface area contributed by atoms with Gasteiger partial charge in [0.1, 0.15) is 5.82 Å². The molecule has 214 valence electrons. The molecule has 3 aromatic carbocycles. The molecule has 0 spiro atoms. The standard InChI is InChI=1S/C32H39FN2O4S/c1-21-14-26-16-24(6-5-13-34-4)8-12-31(26)40(38,39)35(19-21)20-27-17-25(9-7-22(27)2)30(18-32(36)37)29-11-10-28(33)15-23(29)3/h7-12,15-17,21,30,34H,5-6,13-14,18-20H2,1-4H3,(H,36,37). The number of nitrogens with zero attached hydrogens (tertiary/aromatic N) is 1. The van der Waals surface area contributed by atoms with Crippen LogP contribution in [-0.4, -0.2) is 43.9 Å². The van der Waals surface area contributed by atoms with Crippen molar-refractivity contribution in [2.24, 2.45) is 5.92 Å². The lowest BCUT2D eigenvalue weighted by Gasteiger charge is -2.25. The molecular formula is C32H39FN2O4S. The molecule has 3 aromatic rings. The summed E-state index contributed by atoms with van der Waals surface area (Å²) < 4.78 is 43.2. The maximum absolute atomic E-state index is 13.9. The van der Waals surface area contributed by atoms with Crippen LogP contribution >= 0.6 is 0 Å². The Hall–Kier alpha value is -3.07. The van der Waals surface area contributed by atoms with Crippen LogP contribution in [0.1, 0.15) is 64.6 Å². The number of hydrogen-bond donors (Lipinski definition) is 2. The molecule has 0 aliphatic carbocycles. The van der Waals surface area contributed by atoms with Gasteiger partial charge in [-0.15, -0.1) is 0 Å². The highest BCUT2D eigenvalue weighted by Crippen LogP contribution is 2.34. The predicted octanol–water partition coefficient (Wildman–Crippen LogP) is 5.58. The lowest BCUT2D eigenvalue weighted by Crippen LogP contribution is -2.33. The molecule has 0 saturated carbocycles. The maximum atomic E-state index is 13.9. The number of sulfonamides is 1. The zero-order chi connectivity index (χ0) is 29.0. The molecule has 0 radical (unpaired) electrons. The number of aryl methyl sites for hydroxylation is 3. The molecule has 0 bridgehead atoms. The van der Waals surface area contributed by atoms with E-state index in [0.717, 1.165) is 52.8 Å².